The topological polar surface area (TPSA) is 35.8 Å². The van der Waals surface area contributed by atoms with Crippen molar-refractivity contribution in [2.24, 2.45) is 0 Å². The summed E-state index contributed by atoms with van der Waals surface area (Å²) >= 11 is 0. The van der Waals surface area contributed by atoms with E-state index in [0.29, 0.717) is 0 Å². The molecular weight excluding hydrogens is 251 g/mol. The Kier molecular flexibility index (Phi) is 3.94. The Balaban J connectivity index is 0.000000704. The smallest absolute Gasteiger partial charge is 0.399 e. The molecule has 2 aromatic heterocycles. The molecule has 108 valence electrons. The number of imidazole rings is 1. The highest BCUT2D eigenvalue weighted by Crippen LogP contribution is 2.36. The highest BCUT2D eigenvalue weighted by Gasteiger charge is 2.51. The molecule has 0 radical (unpaired) electrons. The third-order valence-corrected chi connectivity index (χ3v) is 3.94. The van der Waals surface area contributed by atoms with Crippen LogP contribution in [0.3, 0.4) is 0 Å². The van der Waals surface area contributed by atoms with Crippen molar-refractivity contribution in [2.45, 2.75) is 52.7 Å². The van der Waals surface area contributed by atoms with Crippen LogP contribution < -0.4 is 5.46 Å². The zero-order valence-corrected chi connectivity index (χ0v) is 13.2. The molecule has 0 amide bonds. The zero-order valence-electron chi connectivity index (χ0n) is 13.2. The van der Waals surface area contributed by atoms with E-state index in [-0.39, 0.29) is 18.3 Å². The molecule has 0 spiro atoms. The summed E-state index contributed by atoms with van der Waals surface area (Å²) in [6, 6.07) is 3.98. The molecular formula is C15H23BN2O2. The van der Waals surface area contributed by atoms with Crippen molar-refractivity contribution >= 4 is 18.2 Å². The van der Waals surface area contributed by atoms with Gasteiger partial charge in [0.05, 0.1) is 11.2 Å². The van der Waals surface area contributed by atoms with Gasteiger partial charge >= 0.3 is 7.12 Å². The Bertz CT molecular complexity index is 576. The van der Waals surface area contributed by atoms with E-state index in [1.807, 2.05) is 42.8 Å². The van der Waals surface area contributed by atoms with Crippen LogP contribution in [0.2, 0.25) is 0 Å². The maximum Gasteiger partial charge on any atom is 0.496 e. The quantitative estimate of drug-likeness (QED) is 0.750. The predicted molar refractivity (Wildman–Crippen MR) is 82.3 cm³/mol. The van der Waals surface area contributed by atoms with E-state index >= 15 is 0 Å². The van der Waals surface area contributed by atoms with Gasteiger partial charge in [0, 0.05) is 18.6 Å². The van der Waals surface area contributed by atoms with Crippen molar-refractivity contribution in [3.63, 3.8) is 0 Å². The Morgan fingerprint density at radius 1 is 1.05 bits per heavy atom. The van der Waals surface area contributed by atoms with Gasteiger partial charge in [0.25, 0.3) is 0 Å². The normalized spacial score (nSPS) is 19.8. The van der Waals surface area contributed by atoms with Crippen LogP contribution in [-0.4, -0.2) is 27.7 Å². The first kappa shape index (κ1) is 15.1. The number of hydrogen-bond acceptors (Lipinski definition) is 3. The molecule has 0 bridgehead atoms. The van der Waals surface area contributed by atoms with Crippen molar-refractivity contribution < 1.29 is 9.31 Å². The second-order valence-electron chi connectivity index (χ2n) is 5.74. The summed E-state index contributed by atoms with van der Waals surface area (Å²) in [5.41, 5.74) is 1.33. The Morgan fingerprint density at radius 3 is 2.25 bits per heavy atom. The van der Waals surface area contributed by atoms with Gasteiger partial charge in [-0.15, -0.1) is 0 Å². The maximum atomic E-state index is 6.02. The minimum absolute atomic E-state index is 0.304. The summed E-state index contributed by atoms with van der Waals surface area (Å²) in [5.74, 6) is 0. The molecule has 1 aliphatic rings. The number of fused-ring (bicyclic) bond motifs is 1. The third-order valence-electron chi connectivity index (χ3n) is 3.94. The fourth-order valence-corrected chi connectivity index (χ4v) is 2.06. The average Bonchev–Trinajstić information content (AvgIpc) is 2.94. The minimum Gasteiger partial charge on any atom is -0.399 e. The first-order chi connectivity index (χ1) is 9.39. The summed E-state index contributed by atoms with van der Waals surface area (Å²) in [6.45, 7) is 12.2. The molecule has 0 N–H and O–H groups in total. The van der Waals surface area contributed by atoms with Gasteiger partial charge < -0.3 is 13.7 Å². The molecule has 0 saturated carbocycles. The van der Waals surface area contributed by atoms with E-state index < -0.39 is 0 Å². The Morgan fingerprint density at radius 2 is 1.65 bits per heavy atom. The minimum atomic E-state index is -0.318. The van der Waals surface area contributed by atoms with Gasteiger partial charge in [-0.3, -0.25) is 0 Å². The van der Waals surface area contributed by atoms with Crippen LogP contribution >= 0.6 is 0 Å². The summed E-state index contributed by atoms with van der Waals surface area (Å²) in [6.07, 6.45) is 5.71. The molecule has 20 heavy (non-hydrogen) atoms. The van der Waals surface area contributed by atoms with Gasteiger partial charge in [0.1, 0.15) is 5.65 Å². The zero-order chi connectivity index (χ0) is 15.0. The lowest BCUT2D eigenvalue weighted by Crippen LogP contribution is -2.41. The SMILES string of the molecule is CC.CC1(C)OB(c2ccc3nccn3c2)OC1(C)C. The molecule has 4 nitrogen and oxygen atoms in total. The highest BCUT2D eigenvalue weighted by molar-refractivity contribution is 6.62. The van der Waals surface area contributed by atoms with Gasteiger partial charge in [0.2, 0.25) is 0 Å². The lowest BCUT2D eigenvalue weighted by atomic mass is 9.80. The monoisotopic (exact) mass is 274 g/mol. The summed E-state index contributed by atoms with van der Waals surface area (Å²) < 4.78 is 14.0. The van der Waals surface area contributed by atoms with Crippen LogP contribution in [0.25, 0.3) is 5.65 Å². The summed E-state index contributed by atoms with van der Waals surface area (Å²) in [4.78, 5) is 4.22. The molecule has 2 aromatic rings. The fourth-order valence-electron chi connectivity index (χ4n) is 2.06. The van der Waals surface area contributed by atoms with Crippen LogP contribution in [-0.2, 0) is 9.31 Å². The molecule has 3 rings (SSSR count). The van der Waals surface area contributed by atoms with E-state index in [4.69, 9.17) is 9.31 Å². The highest BCUT2D eigenvalue weighted by atomic mass is 16.7. The van der Waals surface area contributed by atoms with E-state index in [2.05, 4.69) is 32.7 Å². The fraction of sp³-hybridized carbons (Fsp3) is 0.533. The summed E-state index contributed by atoms with van der Waals surface area (Å²) in [7, 11) is -0.318. The van der Waals surface area contributed by atoms with Crippen LogP contribution in [0.5, 0.6) is 0 Å². The molecule has 0 atom stereocenters. The second-order valence-corrected chi connectivity index (χ2v) is 5.74. The molecule has 1 saturated heterocycles. The largest absolute Gasteiger partial charge is 0.496 e. The van der Waals surface area contributed by atoms with E-state index in [1.165, 1.54) is 0 Å². The standard InChI is InChI=1S/C13H17BN2O2.C2H6/c1-12(2)13(3,4)18-14(17-12)10-5-6-11-15-7-8-16(11)9-10;1-2/h5-9H,1-4H3;1-2H3. The van der Waals surface area contributed by atoms with Crippen molar-refractivity contribution in [1.29, 1.82) is 0 Å². The number of hydrogen-bond donors (Lipinski definition) is 0. The maximum absolute atomic E-state index is 6.02. The van der Waals surface area contributed by atoms with Crippen LogP contribution in [0.4, 0.5) is 0 Å². The van der Waals surface area contributed by atoms with Crippen molar-refractivity contribution in [1.82, 2.24) is 9.38 Å². The Hall–Kier alpha value is -1.33. The first-order valence-electron chi connectivity index (χ1n) is 7.17. The number of aromatic nitrogens is 2. The molecule has 0 aliphatic carbocycles. The third kappa shape index (κ3) is 2.48. The van der Waals surface area contributed by atoms with Gasteiger partial charge in [-0.1, -0.05) is 19.9 Å². The van der Waals surface area contributed by atoms with E-state index in [1.54, 1.807) is 6.20 Å². The lowest BCUT2D eigenvalue weighted by Gasteiger charge is -2.32. The lowest BCUT2D eigenvalue weighted by molar-refractivity contribution is 0.00578. The van der Waals surface area contributed by atoms with Crippen LogP contribution in [0, 0.1) is 0 Å². The van der Waals surface area contributed by atoms with E-state index in [9.17, 15) is 0 Å². The summed E-state index contributed by atoms with van der Waals surface area (Å²) in [5, 5.41) is 0. The predicted octanol–water partition coefficient (Wildman–Crippen LogP) is 2.66. The van der Waals surface area contributed by atoms with Gasteiger partial charge in [-0.2, -0.15) is 0 Å². The van der Waals surface area contributed by atoms with Crippen LogP contribution in [0.1, 0.15) is 41.5 Å². The van der Waals surface area contributed by atoms with Gasteiger partial charge in [0.15, 0.2) is 0 Å². The average molecular weight is 274 g/mol. The number of pyridine rings is 1. The molecule has 0 aromatic carbocycles. The molecule has 1 fully saturated rings. The number of rotatable bonds is 1. The van der Waals surface area contributed by atoms with Crippen LogP contribution in [0.15, 0.2) is 30.7 Å². The number of nitrogens with zero attached hydrogens (tertiary/aromatic N) is 2. The Labute approximate surface area is 121 Å². The van der Waals surface area contributed by atoms with Gasteiger partial charge in [-0.05, 0) is 39.2 Å². The molecule has 5 heteroatoms. The van der Waals surface area contributed by atoms with Crippen molar-refractivity contribution in [2.75, 3.05) is 0 Å². The second kappa shape index (κ2) is 5.22. The van der Waals surface area contributed by atoms with E-state index in [0.717, 1.165) is 11.1 Å². The molecule has 1 aliphatic heterocycles. The molecule has 3 heterocycles. The first-order valence-corrected chi connectivity index (χ1v) is 7.17. The van der Waals surface area contributed by atoms with Crippen molar-refractivity contribution in [3.05, 3.63) is 30.7 Å². The van der Waals surface area contributed by atoms with Crippen molar-refractivity contribution in [3.8, 4) is 0 Å². The molecule has 0 unspecified atom stereocenters. The van der Waals surface area contributed by atoms with Gasteiger partial charge in [-0.25, -0.2) is 4.98 Å².